The molecule has 148 valence electrons. The standard InChI is InChI=1S/C22H29N5O/c23-13-15-8-10-17(11-9-15)22-25-19(21(24)28)12-20(26-22)27(14-16-6-7-16)18-4-2-1-3-5-18/h8-12,16,18H,1-7,13-14,23H2,(H2,24,28). The average molecular weight is 380 g/mol. The first-order chi connectivity index (χ1) is 13.6. The molecule has 2 aromatic rings. The minimum absolute atomic E-state index is 0.277. The Balaban J connectivity index is 1.72. The third-order valence-corrected chi connectivity index (χ3v) is 5.87. The average Bonchev–Trinajstić information content (AvgIpc) is 3.56. The van der Waals surface area contributed by atoms with E-state index >= 15 is 0 Å². The lowest BCUT2D eigenvalue weighted by atomic mass is 9.94. The van der Waals surface area contributed by atoms with Crippen molar-refractivity contribution in [3.63, 3.8) is 0 Å². The van der Waals surface area contributed by atoms with Crippen LogP contribution in [0.15, 0.2) is 30.3 Å². The second kappa shape index (κ2) is 8.27. The van der Waals surface area contributed by atoms with E-state index in [2.05, 4.69) is 9.88 Å². The van der Waals surface area contributed by atoms with Gasteiger partial charge in [0, 0.05) is 30.8 Å². The highest BCUT2D eigenvalue weighted by molar-refractivity contribution is 5.92. The van der Waals surface area contributed by atoms with Gasteiger partial charge < -0.3 is 16.4 Å². The fourth-order valence-corrected chi connectivity index (χ4v) is 4.03. The van der Waals surface area contributed by atoms with Crippen LogP contribution in [0.25, 0.3) is 11.4 Å². The number of benzene rings is 1. The summed E-state index contributed by atoms with van der Waals surface area (Å²) in [7, 11) is 0. The number of carbonyl (C=O) groups is 1. The lowest BCUT2D eigenvalue weighted by molar-refractivity contribution is 0.0995. The van der Waals surface area contributed by atoms with Gasteiger partial charge in [0.25, 0.3) is 5.91 Å². The van der Waals surface area contributed by atoms with Gasteiger partial charge in [-0.25, -0.2) is 9.97 Å². The third kappa shape index (κ3) is 4.33. The molecule has 4 N–H and O–H groups in total. The van der Waals surface area contributed by atoms with Gasteiger partial charge >= 0.3 is 0 Å². The minimum atomic E-state index is -0.515. The summed E-state index contributed by atoms with van der Waals surface area (Å²) in [6.45, 7) is 1.50. The normalized spacial score (nSPS) is 17.5. The summed E-state index contributed by atoms with van der Waals surface area (Å²) >= 11 is 0. The van der Waals surface area contributed by atoms with E-state index in [1.807, 2.05) is 24.3 Å². The SMILES string of the molecule is NCc1ccc(-c2nc(C(N)=O)cc(N(CC3CC3)C3CCCCC3)n2)cc1. The first-order valence-electron chi connectivity index (χ1n) is 10.4. The number of amides is 1. The Morgan fingerprint density at radius 1 is 1.04 bits per heavy atom. The molecule has 0 unspecified atom stereocenters. The van der Waals surface area contributed by atoms with Crippen molar-refractivity contribution in [3.05, 3.63) is 41.6 Å². The van der Waals surface area contributed by atoms with Crippen LogP contribution in [-0.2, 0) is 6.54 Å². The van der Waals surface area contributed by atoms with Crippen molar-refractivity contribution < 1.29 is 4.79 Å². The van der Waals surface area contributed by atoms with Gasteiger partial charge in [0.1, 0.15) is 11.5 Å². The fourth-order valence-electron chi connectivity index (χ4n) is 4.03. The van der Waals surface area contributed by atoms with Gasteiger partial charge in [0.05, 0.1) is 0 Å². The molecule has 1 amide bonds. The molecule has 0 saturated heterocycles. The van der Waals surface area contributed by atoms with Gasteiger partial charge in [-0.05, 0) is 37.2 Å². The fraction of sp³-hybridized carbons (Fsp3) is 0.500. The van der Waals surface area contributed by atoms with Gasteiger partial charge in [-0.1, -0.05) is 43.5 Å². The predicted octanol–water partition coefficient (Wildman–Crippen LogP) is 3.25. The predicted molar refractivity (Wildman–Crippen MR) is 111 cm³/mol. The maximum atomic E-state index is 12.0. The number of rotatable bonds is 7. The zero-order chi connectivity index (χ0) is 19.5. The van der Waals surface area contributed by atoms with Crippen LogP contribution < -0.4 is 16.4 Å². The molecular weight excluding hydrogens is 350 g/mol. The monoisotopic (exact) mass is 379 g/mol. The number of aromatic nitrogens is 2. The topological polar surface area (TPSA) is 98.1 Å². The molecule has 6 nitrogen and oxygen atoms in total. The van der Waals surface area contributed by atoms with Gasteiger partial charge in [-0.3, -0.25) is 4.79 Å². The third-order valence-electron chi connectivity index (χ3n) is 5.87. The van der Waals surface area contributed by atoms with Gasteiger partial charge in [0.15, 0.2) is 5.82 Å². The second-order valence-corrected chi connectivity index (χ2v) is 8.09. The molecule has 0 aliphatic heterocycles. The number of anilines is 1. The molecule has 2 fully saturated rings. The van der Waals surface area contributed by atoms with Crippen LogP contribution in [0.3, 0.4) is 0 Å². The number of primary amides is 1. The maximum Gasteiger partial charge on any atom is 0.267 e. The highest BCUT2D eigenvalue weighted by Crippen LogP contribution is 2.35. The van der Waals surface area contributed by atoms with Crippen molar-refractivity contribution in [3.8, 4) is 11.4 Å². The molecule has 0 radical (unpaired) electrons. The molecule has 1 aromatic heterocycles. The molecule has 0 bridgehead atoms. The molecule has 1 heterocycles. The van der Waals surface area contributed by atoms with Crippen LogP contribution in [0.1, 0.15) is 61.0 Å². The number of nitrogens with zero attached hydrogens (tertiary/aromatic N) is 3. The Morgan fingerprint density at radius 3 is 2.36 bits per heavy atom. The molecular formula is C22H29N5O. The van der Waals surface area contributed by atoms with Crippen molar-refractivity contribution >= 4 is 11.7 Å². The van der Waals surface area contributed by atoms with E-state index in [9.17, 15) is 4.79 Å². The molecule has 2 aliphatic carbocycles. The van der Waals surface area contributed by atoms with E-state index in [1.165, 1.54) is 44.9 Å². The van der Waals surface area contributed by atoms with Gasteiger partial charge in [0.2, 0.25) is 0 Å². The molecule has 0 spiro atoms. The van der Waals surface area contributed by atoms with Crippen molar-refractivity contribution in [1.29, 1.82) is 0 Å². The second-order valence-electron chi connectivity index (χ2n) is 8.09. The number of hydrogen-bond acceptors (Lipinski definition) is 5. The largest absolute Gasteiger partial charge is 0.364 e. The quantitative estimate of drug-likeness (QED) is 0.769. The smallest absolute Gasteiger partial charge is 0.267 e. The first-order valence-corrected chi connectivity index (χ1v) is 10.4. The van der Waals surface area contributed by atoms with E-state index in [0.29, 0.717) is 18.4 Å². The Kier molecular flexibility index (Phi) is 5.57. The minimum Gasteiger partial charge on any atom is -0.364 e. The van der Waals surface area contributed by atoms with E-state index < -0.39 is 5.91 Å². The lowest BCUT2D eigenvalue weighted by Crippen LogP contribution is -2.39. The summed E-state index contributed by atoms with van der Waals surface area (Å²) in [5, 5.41) is 0. The van der Waals surface area contributed by atoms with Gasteiger partial charge in [-0.2, -0.15) is 0 Å². The number of nitrogens with two attached hydrogens (primary N) is 2. The van der Waals surface area contributed by atoms with E-state index in [4.69, 9.17) is 16.5 Å². The Labute approximate surface area is 166 Å². The Morgan fingerprint density at radius 2 is 1.75 bits per heavy atom. The molecule has 6 heteroatoms. The lowest BCUT2D eigenvalue weighted by Gasteiger charge is -2.35. The van der Waals surface area contributed by atoms with E-state index in [0.717, 1.165) is 29.4 Å². The number of hydrogen-bond donors (Lipinski definition) is 2. The highest BCUT2D eigenvalue weighted by atomic mass is 16.1. The molecule has 4 rings (SSSR count). The summed E-state index contributed by atoms with van der Waals surface area (Å²) in [5.74, 6) is 1.60. The van der Waals surface area contributed by atoms with Crippen molar-refractivity contribution in [2.45, 2.75) is 57.5 Å². The maximum absolute atomic E-state index is 12.0. The highest BCUT2D eigenvalue weighted by Gasteiger charge is 2.30. The summed E-state index contributed by atoms with van der Waals surface area (Å²) < 4.78 is 0. The van der Waals surface area contributed by atoms with Crippen LogP contribution in [0.5, 0.6) is 0 Å². The summed E-state index contributed by atoms with van der Waals surface area (Å²) in [4.78, 5) is 23.7. The summed E-state index contributed by atoms with van der Waals surface area (Å²) in [5.41, 5.74) is 13.5. The molecule has 2 aliphatic rings. The van der Waals surface area contributed by atoms with E-state index in [-0.39, 0.29) is 5.69 Å². The summed E-state index contributed by atoms with van der Waals surface area (Å²) in [6.07, 6.45) is 8.75. The zero-order valence-electron chi connectivity index (χ0n) is 16.3. The van der Waals surface area contributed by atoms with Crippen LogP contribution in [0, 0.1) is 5.92 Å². The van der Waals surface area contributed by atoms with Gasteiger partial charge in [-0.15, -0.1) is 0 Å². The van der Waals surface area contributed by atoms with Crippen molar-refractivity contribution in [2.75, 3.05) is 11.4 Å². The summed E-state index contributed by atoms with van der Waals surface area (Å²) in [6, 6.07) is 10.1. The molecule has 2 saturated carbocycles. The molecule has 1 aromatic carbocycles. The Bertz CT molecular complexity index is 825. The van der Waals surface area contributed by atoms with Crippen LogP contribution in [0.2, 0.25) is 0 Å². The molecule has 0 atom stereocenters. The molecule has 28 heavy (non-hydrogen) atoms. The van der Waals surface area contributed by atoms with Crippen LogP contribution >= 0.6 is 0 Å². The van der Waals surface area contributed by atoms with Crippen molar-refractivity contribution in [1.82, 2.24) is 9.97 Å². The van der Waals surface area contributed by atoms with Crippen LogP contribution in [-0.4, -0.2) is 28.5 Å². The zero-order valence-corrected chi connectivity index (χ0v) is 16.3. The number of carbonyl (C=O) groups excluding carboxylic acids is 1. The Hall–Kier alpha value is -2.47. The van der Waals surface area contributed by atoms with Crippen LogP contribution in [0.4, 0.5) is 5.82 Å². The first kappa shape index (κ1) is 18.9. The van der Waals surface area contributed by atoms with Crippen molar-refractivity contribution in [2.24, 2.45) is 17.4 Å². The van der Waals surface area contributed by atoms with E-state index in [1.54, 1.807) is 6.07 Å².